The Morgan fingerprint density at radius 3 is 2.91 bits per heavy atom. The van der Waals surface area contributed by atoms with Crippen molar-refractivity contribution in [2.75, 3.05) is 12.5 Å². The second kappa shape index (κ2) is 7.09. The van der Waals surface area contributed by atoms with Crippen molar-refractivity contribution in [3.8, 4) is 11.8 Å². The highest BCUT2D eigenvalue weighted by Crippen LogP contribution is 2.23. The Kier molecular flexibility index (Phi) is 5.17. The van der Waals surface area contributed by atoms with E-state index in [0.29, 0.717) is 11.6 Å². The fraction of sp³-hybridized carbons (Fsp3) is 0.267. The Bertz CT molecular complexity index is 732. The van der Waals surface area contributed by atoms with Crippen molar-refractivity contribution in [2.24, 2.45) is 5.10 Å². The zero-order valence-electron chi connectivity index (χ0n) is 12.4. The molecule has 0 amide bonds. The average molecular weight is 363 g/mol. The molecule has 0 bridgehead atoms. The fourth-order valence-electron chi connectivity index (χ4n) is 1.70. The van der Waals surface area contributed by atoms with Crippen LogP contribution in [-0.2, 0) is 0 Å². The molecule has 0 aliphatic carbocycles. The number of anilines is 1. The molecule has 0 aliphatic heterocycles. The zero-order valence-corrected chi connectivity index (χ0v) is 14.0. The van der Waals surface area contributed by atoms with E-state index in [1.54, 1.807) is 13.3 Å². The standard InChI is InChI=1S/C15H15BrN4O2/c1-9(2)14-19-12(7-17)15(22-14)20-18-8-10-6-11(16)4-5-13(10)21-3/h4-6,8-9,20H,1-3H3. The molecular formula is C15H15BrN4O2. The number of methoxy groups -OCH3 is 1. The van der Waals surface area contributed by atoms with Crippen LogP contribution in [0.1, 0.15) is 36.9 Å². The van der Waals surface area contributed by atoms with E-state index < -0.39 is 0 Å². The number of hydrogen-bond acceptors (Lipinski definition) is 6. The molecule has 1 N–H and O–H groups in total. The molecule has 0 fully saturated rings. The van der Waals surface area contributed by atoms with E-state index in [1.165, 1.54) is 0 Å². The van der Waals surface area contributed by atoms with Crippen LogP contribution in [0, 0.1) is 11.3 Å². The highest BCUT2D eigenvalue weighted by Gasteiger charge is 2.14. The molecule has 7 heteroatoms. The molecule has 0 aliphatic rings. The van der Waals surface area contributed by atoms with Crippen LogP contribution in [0.15, 0.2) is 32.2 Å². The third kappa shape index (κ3) is 3.65. The van der Waals surface area contributed by atoms with Crippen LogP contribution < -0.4 is 10.2 Å². The highest BCUT2D eigenvalue weighted by molar-refractivity contribution is 9.10. The first-order valence-electron chi connectivity index (χ1n) is 6.58. The van der Waals surface area contributed by atoms with Crippen molar-refractivity contribution in [1.82, 2.24) is 4.98 Å². The van der Waals surface area contributed by atoms with E-state index in [9.17, 15) is 0 Å². The highest BCUT2D eigenvalue weighted by atomic mass is 79.9. The lowest BCUT2D eigenvalue weighted by molar-refractivity contribution is 0.414. The van der Waals surface area contributed by atoms with Crippen molar-refractivity contribution < 1.29 is 9.15 Å². The summed E-state index contributed by atoms with van der Waals surface area (Å²) in [6.07, 6.45) is 1.59. The maximum absolute atomic E-state index is 9.06. The monoisotopic (exact) mass is 362 g/mol. The summed E-state index contributed by atoms with van der Waals surface area (Å²) in [4.78, 5) is 4.11. The summed E-state index contributed by atoms with van der Waals surface area (Å²) in [5.74, 6) is 1.51. The molecule has 1 aromatic carbocycles. The Balaban J connectivity index is 2.20. The minimum absolute atomic E-state index is 0.0943. The minimum atomic E-state index is 0.0943. The van der Waals surface area contributed by atoms with Gasteiger partial charge in [0.15, 0.2) is 0 Å². The van der Waals surface area contributed by atoms with Crippen molar-refractivity contribution in [3.63, 3.8) is 0 Å². The van der Waals surface area contributed by atoms with E-state index in [0.717, 1.165) is 10.0 Å². The summed E-state index contributed by atoms with van der Waals surface area (Å²) in [6, 6.07) is 7.56. The van der Waals surface area contributed by atoms with E-state index in [-0.39, 0.29) is 17.5 Å². The number of halogens is 1. The van der Waals surface area contributed by atoms with E-state index in [1.807, 2.05) is 38.1 Å². The molecule has 0 unspecified atom stereocenters. The number of hydrazone groups is 1. The summed E-state index contributed by atoms with van der Waals surface area (Å²) < 4.78 is 11.7. The second-order valence-electron chi connectivity index (χ2n) is 4.75. The van der Waals surface area contributed by atoms with Crippen LogP contribution in [0.2, 0.25) is 0 Å². The number of hydrogen-bond donors (Lipinski definition) is 1. The first kappa shape index (κ1) is 16.0. The van der Waals surface area contributed by atoms with Gasteiger partial charge in [0.05, 0.1) is 13.3 Å². The summed E-state index contributed by atoms with van der Waals surface area (Å²) in [6.45, 7) is 3.87. The van der Waals surface area contributed by atoms with Crippen LogP contribution in [0.25, 0.3) is 0 Å². The lowest BCUT2D eigenvalue weighted by Crippen LogP contribution is -1.94. The van der Waals surface area contributed by atoms with Gasteiger partial charge in [-0.25, -0.2) is 10.4 Å². The van der Waals surface area contributed by atoms with Gasteiger partial charge in [-0.1, -0.05) is 29.8 Å². The number of aromatic nitrogens is 1. The van der Waals surface area contributed by atoms with Gasteiger partial charge in [0.25, 0.3) is 5.88 Å². The van der Waals surface area contributed by atoms with Crippen LogP contribution in [0.5, 0.6) is 5.75 Å². The van der Waals surface area contributed by atoms with Gasteiger partial charge >= 0.3 is 0 Å². The van der Waals surface area contributed by atoms with Gasteiger partial charge in [0.1, 0.15) is 11.8 Å². The topological polar surface area (TPSA) is 83.4 Å². The maximum Gasteiger partial charge on any atom is 0.252 e. The Labute approximate surface area is 136 Å². The van der Waals surface area contributed by atoms with Crippen LogP contribution in [0.3, 0.4) is 0 Å². The fourth-order valence-corrected chi connectivity index (χ4v) is 2.08. The van der Waals surface area contributed by atoms with Gasteiger partial charge in [-0.15, -0.1) is 0 Å². The number of benzene rings is 1. The minimum Gasteiger partial charge on any atom is -0.496 e. The molecule has 0 saturated heterocycles. The third-order valence-electron chi connectivity index (χ3n) is 2.80. The van der Waals surface area contributed by atoms with Gasteiger partial charge in [0, 0.05) is 16.0 Å². The summed E-state index contributed by atoms with van der Waals surface area (Å²) in [5.41, 5.74) is 3.67. The van der Waals surface area contributed by atoms with E-state index in [2.05, 4.69) is 31.4 Å². The first-order chi connectivity index (χ1) is 10.5. The molecule has 1 heterocycles. The molecule has 6 nitrogen and oxygen atoms in total. The molecule has 22 heavy (non-hydrogen) atoms. The number of rotatable bonds is 5. The number of oxazole rings is 1. The second-order valence-corrected chi connectivity index (χ2v) is 5.67. The summed E-state index contributed by atoms with van der Waals surface area (Å²) in [7, 11) is 1.59. The lowest BCUT2D eigenvalue weighted by Gasteiger charge is -2.04. The molecule has 114 valence electrons. The Morgan fingerprint density at radius 2 is 2.27 bits per heavy atom. The van der Waals surface area contributed by atoms with Crippen LogP contribution in [0.4, 0.5) is 5.88 Å². The van der Waals surface area contributed by atoms with E-state index >= 15 is 0 Å². The van der Waals surface area contributed by atoms with Crippen molar-refractivity contribution in [3.05, 3.63) is 39.8 Å². The summed E-state index contributed by atoms with van der Waals surface area (Å²) >= 11 is 3.40. The molecule has 1 aromatic heterocycles. The largest absolute Gasteiger partial charge is 0.496 e. The van der Waals surface area contributed by atoms with Gasteiger partial charge in [-0.3, -0.25) is 0 Å². The normalized spacial score (nSPS) is 10.9. The van der Waals surface area contributed by atoms with Gasteiger partial charge in [-0.05, 0) is 18.2 Å². The first-order valence-corrected chi connectivity index (χ1v) is 7.38. The Morgan fingerprint density at radius 1 is 1.50 bits per heavy atom. The zero-order chi connectivity index (χ0) is 16.1. The van der Waals surface area contributed by atoms with Crippen molar-refractivity contribution >= 4 is 28.0 Å². The third-order valence-corrected chi connectivity index (χ3v) is 3.30. The Hall–Kier alpha value is -2.33. The van der Waals surface area contributed by atoms with Gasteiger partial charge in [-0.2, -0.15) is 10.4 Å². The van der Waals surface area contributed by atoms with Gasteiger partial charge in [0.2, 0.25) is 11.6 Å². The molecule has 0 radical (unpaired) electrons. The lowest BCUT2D eigenvalue weighted by atomic mass is 10.2. The smallest absolute Gasteiger partial charge is 0.252 e. The maximum atomic E-state index is 9.06. The van der Waals surface area contributed by atoms with Crippen LogP contribution in [-0.4, -0.2) is 18.3 Å². The number of nitrogens with one attached hydrogen (secondary N) is 1. The molecule has 0 spiro atoms. The number of ether oxygens (including phenoxy) is 1. The average Bonchev–Trinajstić information content (AvgIpc) is 2.91. The summed E-state index contributed by atoms with van der Waals surface area (Å²) in [5, 5.41) is 13.1. The molecular weight excluding hydrogens is 348 g/mol. The van der Waals surface area contributed by atoms with Gasteiger partial charge < -0.3 is 9.15 Å². The van der Waals surface area contributed by atoms with Crippen LogP contribution >= 0.6 is 15.9 Å². The van der Waals surface area contributed by atoms with Crippen molar-refractivity contribution in [1.29, 1.82) is 5.26 Å². The number of nitriles is 1. The van der Waals surface area contributed by atoms with Crippen molar-refractivity contribution in [2.45, 2.75) is 19.8 Å². The SMILES string of the molecule is COc1ccc(Br)cc1C=NNc1oc(C(C)C)nc1C#N. The molecule has 0 saturated carbocycles. The predicted octanol–water partition coefficient (Wildman–Crippen LogP) is 3.89. The number of nitrogens with zero attached hydrogens (tertiary/aromatic N) is 3. The molecule has 0 atom stereocenters. The quantitative estimate of drug-likeness (QED) is 0.644. The van der Waals surface area contributed by atoms with E-state index in [4.69, 9.17) is 14.4 Å². The predicted molar refractivity (Wildman–Crippen MR) is 87.2 cm³/mol. The molecule has 2 rings (SSSR count). The molecule has 2 aromatic rings.